The van der Waals surface area contributed by atoms with E-state index in [1.54, 1.807) is 23.7 Å². The summed E-state index contributed by atoms with van der Waals surface area (Å²) >= 11 is 3.01. The van der Waals surface area contributed by atoms with Crippen molar-refractivity contribution in [3.8, 4) is 5.69 Å². The molecule has 0 unspecified atom stereocenters. The number of aromatic nitrogens is 4. The predicted molar refractivity (Wildman–Crippen MR) is 110 cm³/mol. The molecule has 8 heteroatoms. The molecule has 1 aliphatic carbocycles. The fourth-order valence-corrected chi connectivity index (χ4v) is 5.41. The summed E-state index contributed by atoms with van der Waals surface area (Å²) in [5, 5.41) is 8.07. The van der Waals surface area contributed by atoms with Gasteiger partial charge in [0.1, 0.15) is 10.6 Å². The van der Waals surface area contributed by atoms with Gasteiger partial charge in [0.25, 0.3) is 5.56 Å². The Morgan fingerprint density at radius 3 is 2.86 bits per heavy atom. The Morgan fingerprint density at radius 1 is 1.21 bits per heavy atom. The van der Waals surface area contributed by atoms with Gasteiger partial charge in [-0.15, -0.1) is 11.3 Å². The third-order valence-corrected chi connectivity index (χ3v) is 6.93. The standard InChI is InChI=1S/C20H17FN4OS2/c1-24-19(26)15-9-10-27-18(15)22-20(24)28-11-16-14-3-2-4-17(14)25(23-16)13-7-5-12(21)6-8-13/h5-10H,2-4,11H2,1H3. The molecule has 0 atom stereocenters. The van der Waals surface area contributed by atoms with Crippen molar-refractivity contribution in [2.45, 2.75) is 30.2 Å². The Morgan fingerprint density at radius 2 is 2.04 bits per heavy atom. The molecule has 5 rings (SSSR count). The summed E-state index contributed by atoms with van der Waals surface area (Å²) in [5.41, 5.74) is 4.36. The molecule has 142 valence electrons. The molecule has 5 nitrogen and oxygen atoms in total. The lowest BCUT2D eigenvalue weighted by Crippen LogP contribution is -2.19. The minimum Gasteiger partial charge on any atom is -0.290 e. The Bertz CT molecular complexity index is 1240. The number of fused-ring (bicyclic) bond motifs is 2. The monoisotopic (exact) mass is 412 g/mol. The van der Waals surface area contributed by atoms with Gasteiger partial charge in [-0.25, -0.2) is 14.1 Å². The van der Waals surface area contributed by atoms with Gasteiger partial charge in [-0.05, 0) is 60.5 Å². The van der Waals surface area contributed by atoms with Gasteiger partial charge >= 0.3 is 0 Å². The zero-order valence-electron chi connectivity index (χ0n) is 15.2. The SMILES string of the molecule is Cn1c(SCc2nn(-c3ccc(F)cc3)c3c2CCC3)nc2sccc2c1=O. The Labute approximate surface area is 168 Å². The second kappa shape index (κ2) is 6.86. The van der Waals surface area contributed by atoms with Crippen LogP contribution in [0.25, 0.3) is 15.9 Å². The van der Waals surface area contributed by atoms with Crippen LogP contribution >= 0.6 is 23.1 Å². The lowest BCUT2D eigenvalue weighted by Gasteiger charge is -2.07. The number of rotatable bonds is 4. The molecule has 0 spiro atoms. The van der Waals surface area contributed by atoms with Crippen molar-refractivity contribution >= 4 is 33.3 Å². The number of halogens is 1. The molecule has 0 fully saturated rings. The molecule has 4 aromatic rings. The highest BCUT2D eigenvalue weighted by Crippen LogP contribution is 2.31. The summed E-state index contributed by atoms with van der Waals surface area (Å²) < 4.78 is 16.8. The van der Waals surface area contributed by atoms with Gasteiger partial charge in [0, 0.05) is 18.5 Å². The van der Waals surface area contributed by atoms with E-state index in [-0.39, 0.29) is 11.4 Å². The van der Waals surface area contributed by atoms with E-state index < -0.39 is 0 Å². The van der Waals surface area contributed by atoms with Crippen LogP contribution in [0.2, 0.25) is 0 Å². The van der Waals surface area contributed by atoms with Crippen LogP contribution in [0.4, 0.5) is 4.39 Å². The predicted octanol–water partition coefficient (Wildman–Crippen LogP) is 4.10. The van der Waals surface area contributed by atoms with E-state index in [1.807, 2.05) is 16.1 Å². The molecule has 28 heavy (non-hydrogen) atoms. The van der Waals surface area contributed by atoms with E-state index in [2.05, 4.69) is 4.98 Å². The van der Waals surface area contributed by atoms with Gasteiger partial charge in [0.05, 0.1) is 16.8 Å². The van der Waals surface area contributed by atoms with E-state index in [9.17, 15) is 9.18 Å². The van der Waals surface area contributed by atoms with Crippen LogP contribution in [0.1, 0.15) is 23.4 Å². The van der Waals surface area contributed by atoms with Crippen molar-refractivity contribution in [2.75, 3.05) is 0 Å². The summed E-state index contributed by atoms with van der Waals surface area (Å²) in [6.07, 6.45) is 3.08. The third kappa shape index (κ3) is 2.87. The van der Waals surface area contributed by atoms with Crippen LogP contribution in [0, 0.1) is 5.82 Å². The molecule has 0 saturated heterocycles. The van der Waals surface area contributed by atoms with Crippen LogP contribution < -0.4 is 5.56 Å². The van der Waals surface area contributed by atoms with E-state index in [4.69, 9.17) is 5.10 Å². The summed E-state index contributed by atoms with van der Waals surface area (Å²) in [5.74, 6) is 0.396. The van der Waals surface area contributed by atoms with E-state index in [1.165, 1.54) is 46.5 Å². The lowest BCUT2D eigenvalue weighted by atomic mass is 10.2. The summed E-state index contributed by atoms with van der Waals surface area (Å²) in [7, 11) is 1.76. The molecule has 3 aromatic heterocycles. The molecule has 3 heterocycles. The van der Waals surface area contributed by atoms with E-state index in [0.29, 0.717) is 16.3 Å². The lowest BCUT2D eigenvalue weighted by molar-refractivity contribution is 0.626. The fourth-order valence-electron chi connectivity index (χ4n) is 3.67. The van der Waals surface area contributed by atoms with E-state index in [0.717, 1.165) is 35.5 Å². The summed E-state index contributed by atoms with van der Waals surface area (Å²) in [6.45, 7) is 0. The second-order valence-electron chi connectivity index (χ2n) is 6.80. The first-order chi connectivity index (χ1) is 13.6. The molecule has 0 radical (unpaired) electrons. The highest BCUT2D eigenvalue weighted by molar-refractivity contribution is 7.98. The number of hydrogen-bond acceptors (Lipinski definition) is 5. The Balaban J connectivity index is 1.48. The third-order valence-electron chi connectivity index (χ3n) is 5.09. The maximum absolute atomic E-state index is 13.3. The average Bonchev–Trinajstić information content (AvgIpc) is 3.41. The molecule has 1 aliphatic rings. The largest absolute Gasteiger partial charge is 0.290 e. The molecule has 0 saturated carbocycles. The van der Waals surface area contributed by atoms with E-state index >= 15 is 0 Å². The Hall–Kier alpha value is -2.45. The number of nitrogens with zero attached hydrogens (tertiary/aromatic N) is 4. The minimum absolute atomic E-state index is 0.0178. The first kappa shape index (κ1) is 17.6. The topological polar surface area (TPSA) is 52.7 Å². The highest BCUT2D eigenvalue weighted by Gasteiger charge is 2.23. The first-order valence-corrected chi connectivity index (χ1v) is 10.9. The molecule has 0 N–H and O–H groups in total. The van der Waals surface area contributed by atoms with Crippen molar-refractivity contribution in [2.24, 2.45) is 7.05 Å². The van der Waals surface area contributed by atoms with Gasteiger partial charge in [0.15, 0.2) is 5.16 Å². The van der Waals surface area contributed by atoms with Crippen molar-refractivity contribution in [1.29, 1.82) is 0 Å². The fraction of sp³-hybridized carbons (Fsp3) is 0.250. The molecule has 1 aromatic carbocycles. The quantitative estimate of drug-likeness (QED) is 0.374. The summed E-state index contributed by atoms with van der Waals surface area (Å²) in [4.78, 5) is 17.9. The van der Waals surface area contributed by atoms with Gasteiger partial charge in [-0.3, -0.25) is 9.36 Å². The smallest absolute Gasteiger partial charge is 0.262 e. The van der Waals surface area contributed by atoms with Crippen molar-refractivity contribution in [3.63, 3.8) is 0 Å². The first-order valence-electron chi connectivity index (χ1n) is 9.04. The molecule has 0 aliphatic heterocycles. The highest BCUT2D eigenvalue weighted by atomic mass is 32.2. The second-order valence-corrected chi connectivity index (χ2v) is 8.64. The number of benzene rings is 1. The van der Waals surface area contributed by atoms with Crippen LogP contribution in [0.3, 0.4) is 0 Å². The van der Waals surface area contributed by atoms with Crippen LogP contribution in [-0.4, -0.2) is 19.3 Å². The van der Waals surface area contributed by atoms with Crippen molar-refractivity contribution < 1.29 is 4.39 Å². The normalized spacial score (nSPS) is 13.4. The molecule has 0 bridgehead atoms. The molecular formula is C20H17FN4OS2. The van der Waals surface area contributed by atoms with Gasteiger partial charge in [0.2, 0.25) is 0 Å². The van der Waals surface area contributed by atoms with Gasteiger partial charge in [-0.1, -0.05) is 11.8 Å². The zero-order valence-corrected chi connectivity index (χ0v) is 16.8. The minimum atomic E-state index is -0.251. The average molecular weight is 413 g/mol. The number of thioether (sulfide) groups is 1. The van der Waals surface area contributed by atoms with Gasteiger partial charge < -0.3 is 0 Å². The number of hydrogen-bond donors (Lipinski definition) is 0. The summed E-state index contributed by atoms with van der Waals surface area (Å²) in [6, 6.07) is 8.26. The van der Waals surface area contributed by atoms with Crippen LogP contribution in [-0.2, 0) is 25.6 Å². The zero-order chi connectivity index (χ0) is 19.3. The van der Waals surface area contributed by atoms with Gasteiger partial charge in [-0.2, -0.15) is 5.10 Å². The molecular weight excluding hydrogens is 395 g/mol. The Kier molecular flexibility index (Phi) is 4.32. The van der Waals surface area contributed by atoms with Crippen molar-refractivity contribution in [1.82, 2.24) is 19.3 Å². The van der Waals surface area contributed by atoms with Crippen LogP contribution in [0.15, 0.2) is 45.7 Å². The van der Waals surface area contributed by atoms with Crippen LogP contribution in [0.5, 0.6) is 0 Å². The van der Waals surface area contributed by atoms with Crippen molar-refractivity contribution in [3.05, 3.63) is 68.8 Å². The maximum atomic E-state index is 13.3. The number of thiophene rings is 1. The molecule has 0 amide bonds. The maximum Gasteiger partial charge on any atom is 0.262 e.